The standard InChI is InChI=1S/C27H30N2O3S3/c1-34-26(33)32-24(16-27(12-13-27)15-21-10-6-3-7-11-21)23(14-20-8-4-2-5-9-20)29-25(30)31-18-22-17-28-19-35-22/h2-11,17,19,23-24H,12-16,18H2,1H3,(H,29,30)/t23-,24?/m0/s1. The normalized spacial score (nSPS) is 15.6. The Balaban J connectivity index is 1.51. The van der Waals surface area contributed by atoms with Gasteiger partial charge in [-0.05, 0) is 67.1 Å². The summed E-state index contributed by atoms with van der Waals surface area (Å²) in [5.41, 5.74) is 4.33. The Labute approximate surface area is 220 Å². The van der Waals surface area contributed by atoms with E-state index in [0.29, 0.717) is 10.8 Å². The molecule has 1 N–H and O–H groups in total. The minimum Gasteiger partial charge on any atom is -0.473 e. The molecule has 1 aromatic heterocycles. The molecule has 8 heteroatoms. The van der Waals surface area contributed by atoms with Gasteiger partial charge >= 0.3 is 6.09 Å². The molecule has 1 fully saturated rings. The molecule has 3 aromatic rings. The number of aromatic nitrogens is 1. The Morgan fingerprint density at radius 3 is 2.43 bits per heavy atom. The molecule has 1 amide bonds. The molecule has 0 aliphatic heterocycles. The Morgan fingerprint density at radius 2 is 1.83 bits per heavy atom. The zero-order chi connectivity index (χ0) is 24.5. The van der Waals surface area contributed by atoms with Crippen LogP contribution in [0.1, 0.15) is 35.3 Å². The number of amides is 1. The van der Waals surface area contributed by atoms with Gasteiger partial charge in [-0.1, -0.05) is 72.4 Å². The van der Waals surface area contributed by atoms with E-state index in [-0.39, 0.29) is 24.2 Å². The SMILES string of the molecule is CSC(=S)OC(CC1(Cc2ccccc2)CC1)[C@H](Cc1ccccc1)NC(=O)OCc1cncs1. The van der Waals surface area contributed by atoms with Crippen molar-refractivity contribution in [1.82, 2.24) is 10.3 Å². The molecule has 1 aliphatic rings. The highest BCUT2D eigenvalue weighted by Gasteiger charge is 2.46. The van der Waals surface area contributed by atoms with Crippen LogP contribution >= 0.6 is 35.3 Å². The van der Waals surface area contributed by atoms with Crippen molar-refractivity contribution >= 4 is 45.8 Å². The average molecular weight is 527 g/mol. The second kappa shape index (κ2) is 12.5. The van der Waals surface area contributed by atoms with E-state index in [1.54, 1.807) is 11.7 Å². The van der Waals surface area contributed by atoms with Crippen molar-refractivity contribution < 1.29 is 14.3 Å². The first-order valence-electron chi connectivity index (χ1n) is 11.7. The summed E-state index contributed by atoms with van der Waals surface area (Å²) in [5.74, 6) is 0. The number of nitrogens with zero attached hydrogens (tertiary/aromatic N) is 1. The van der Waals surface area contributed by atoms with Crippen LogP contribution in [0.3, 0.4) is 0 Å². The average Bonchev–Trinajstić information content (AvgIpc) is 3.41. The lowest BCUT2D eigenvalue weighted by Gasteiger charge is -2.31. The number of rotatable bonds is 11. The van der Waals surface area contributed by atoms with Crippen molar-refractivity contribution in [3.63, 3.8) is 0 Å². The lowest BCUT2D eigenvalue weighted by atomic mass is 9.87. The number of thiocarbonyl (C=S) groups is 1. The summed E-state index contributed by atoms with van der Waals surface area (Å²) < 4.78 is 12.3. The van der Waals surface area contributed by atoms with Crippen LogP contribution in [0.25, 0.3) is 0 Å². The van der Waals surface area contributed by atoms with Crippen LogP contribution < -0.4 is 5.32 Å². The molecule has 35 heavy (non-hydrogen) atoms. The highest BCUT2D eigenvalue weighted by Crippen LogP contribution is 2.53. The van der Waals surface area contributed by atoms with Gasteiger partial charge in [-0.2, -0.15) is 0 Å². The predicted molar refractivity (Wildman–Crippen MR) is 147 cm³/mol. The number of carbonyl (C=O) groups is 1. The van der Waals surface area contributed by atoms with Crippen molar-refractivity contribution in [2.45, 2.75) is 50.9 Å². The number of ether oxygens (including phenoxy) is 2. The molecular weight excluding hydrogens is 497 g/mol. The lowest BCUT2D eigenvalue weighted by molar-refractivity contribution is 0.0954. The summed E-state index contributed by atoms with van der Waals surface area (Å²) in [5, 5.41) is 3.10. The number of nitrogens with one attached hydrogen (secondary N) is 1. The fraction of sp³-hybridized carbons (Fsp3) is 0.370. The third-order valence-corrected chi connectivity index (χ3v) is 8.09. The number of hydrogen-bond donors (Lipinski definition) is 1. The third kappa shape index (κ3) is 8.05. The van der Waals surface area contributed by atoms with Crippen molar-refractivity contribution in [3.8, 4) is 0 Å². The maximum atomic E-state index is 12.8. The first kappa shape index (κ1) is 25.7. The van der Waals surface area contributed by atoms with Crippen LogP contribution in [0, 0.1) is 5.41 Å². The van der Waals surface area contributed by atoms with Crippen LogP contribution in [0.2, 0.25) is 0 Å². The topological polar surface area (TPSA) is 60.5 Å². The molecule has 0 bridgehead atoms. The molecule has 0 radical (unpaired) electrons. The number of benzene rings is 2. The highest BCUT2D eigenvalue weighted by molar-refractivity contribution is 8.22. The summed E-state index contributed by atoms with van der Waals surface area (Å²) in [7, 11) is 0. The summed E-state index contributed by atoms with van der Waals surface area (Å²) in [4.78, 5) is 17.8. The van der Waals surface area contributed by atoms with Gasteiger partial charge in [0.1, 0.15) is 12.7 Å². The van der Waals surface area contributed by atoms with Gasteiger partial charge in [0, 0.05) is 6.20 Å². The van der Waals surface area contributed by atoms with Gasteiger partial charge in [0.15, 0.2) is 0 Å². The molecule has 1 aliphatic carbocycles. The fourth-order valence-electron chi connectivity index (χ4n) is 4.31. The van der Waals surface area contributed by atoms with Gasteiger partial charge < -0.3 is 14.8 Å². The molecule has 0 spiro atoms. The number of thiazole rings is 1. The van der Waals surface area contributed by atoms with E-state index < -0.39 is 6.09 Å². The maximum Gasteiger partial charge on any atom is 0.407 e. The molecule has 1 unspecified atom stereocenters. The second-order valence-electron chi connectivity index (χ2n) is 8.96. The summed E-state index contributed by atoms with van der Waals surface area (Å²) in [6.45, 7) is 0.196. The maximum absolute atomic E-state index is 12.8. The molecule has 4 rings (SSSR count). The van der Waals surface area contributed by atoms with Crippen LogP contribution in [0.4, 0.5) is 4.79 Å². The molecule has 184 valence electrons. The van der Waals surface area contributed by atoms with Gasteiger partial charge in [0.25, 0.3) is 0 Å². The van der Waals surface area contributed by atoms with Crippen molar-refractivity contribution in [2.75, 3.05) is 6.26 Å². The number of carbonyl (C=O) groups excluding carboxylic acids is 1. The predicted octanol–water partition coefficient (Wildman–Crippen LogP) is 6.43. The van der Waals surface area contributed by atoms with Crippen LogP contribution in [-0.4, -0.2) is 33.9 Å². The monoisotopic (exact) mass is 526 g/mol. The number of hydrogen-bond acceptors (Lipinski definition) is 7. The largest absolute Gasteiger partial charge is 0.473 e. The molecular formula is C27H30N2O3S3. The zero-order valence-electron chi connectivity index (χ0n) is 19.7. The van der Waals surface area contributed by atoms with E-state index in [4.69, 9.17) is 21.7 Å². The van der Waals surface area contributed by atoms with Gasteiger partial charge in [-0.25, -0.2) is 4.79 Å². The van der Waals surface area contributed by atoms with Gasteiger partial charge in [-0.3, -0.25) is 4.98 Å². The first-order valence-corrected chi connectivity index (χ1v) is 14.2. The van der Waals surface area contributed by atoms with Gasteiger partial charge in [-0.15, -0.1) is 11.3 Å². The molecule has 1 saturated carbocycles. The molecule has 1 heterocycles. The van der Waals surface area contributed by atoms with Gasteiger partial charge in [0.05, 0.1) is 16.4 Å². The molecule has 2 atom stereocenters. The van der Waals surface area contributed by atoms with E-state index in [0.717, 1.165) is 36.1 Å². The van der Waals surface area contributed by atoms with Crippen molar-refractivity contribution in [3.05, 3.63) is 88.4 Å². The minimum atomic E-state index is -0.462. The van der Waals surface area contributed by atoms with Crippen molar-refractivity contribution in [1.29, 1.82) is 0 Å². The van der Waals surface area contributed by atoms with E-state index in [9.17, 15) is 4.79 Å². The lowest BCUT2D eigenvalue weighted by Crippen LogP contribution is -2.47. The van der Waals surface area contributed by atoms with E-state index in [1.165, 1.54) is 28.7 Å². The van der Waals surface area contributed by atoms with Crippen molar-refractivity contribution in [2.24, 2.45) is 5.41 Å². The van der Waals surface area contributed by atoms with E-state index in [1.807, 2.05) is 30.5 Å². The smallest absolute Gasteiger partial charge is 0.407 e. The Kier molecular flexibility index (Phi) is 9.18. The summed E-state index contributed by atoms with van der Waals surface area (Å²) in [6.07, 6.45) is 7.61. The van der Waals surface area contributed by atoms with Gasteiger partial charge in [0.2, 0.25) is 4.38 Å². The third-order valence-electron chi connectivity index (χ3n) is 6.31. The fourth-order valence-corrected chi connectivity index (χ4v) is 5.16. The first-order chi connectivity index (χ1) is 17.0. The zero-order valence-corrected chi connectivity index (χ0v) is 22.2. The summed E-state index contributed by atoms with van der Waals surface area (Å²) >= 11 is 8.34. The minimum absolute atomic E-state index is 0.156. The second-order valence-corrected chi connectivity index (χ2v) is 11.3. The number of alkyl carbamates (subject to hydrolysis) is 1. The van der Waals surface area contributed by atoms with Crippen LogP contribution in [0.5, 0.6) is 0 Å². The highest BCUT2D eigenvalue weighted by atomic mass is 32.2. The summed E-state index contributed by atoms with van der Waals surface area (Å²) in [6, 6.07) is 20.4. The number of thioether (sulfide) groups is 1. The van der Waals surface area contributed by atoms with Crippen LogP contribution in [0.15, 0.2) is 72.4 Å². The molecule has 0 saturated heterocycles. The molecule has 5 nitrogen and oxygen atoms in total. The van der Waals surface area contributed by atoms with E-state index >= 15 is 0 Å². The quantitative estimate of drug-likeness (QED) is 0.291. The Bertz CT molecular complexity index is 1070. The Morgan fingerprint density at radius 1 is 1.14 bits per heavy atom. The van der Waals surface area contributed by atoms with E-state index in [2.05, 4.69) is 46.7 Å². The van der Waals surface area contributed by atoms with Crippen LogP contribution in [-0.2, 0) is 28.9 Å². The molecule has 2 aromatic carbocycles. The Hall–Kier alpha value is -2.42.